The molecule has 0 saturated heterocycles. The van der Waals surface area contributed by atoms with Gasteiger partial charge in [-0.2, -0.15) is 0 Å². The second-order valence-corrected chi connectivity index (χ2v) is 6.41. The van der Waals surface area contributed by atoms with E-state index in [1.165, 1.54) is 18.9 Å². The normalized spacial score (nSPS) is 12.6. The number of nitrogens with zero attached hydrogens (tertiary/aromatic N) is 1. The van der Waals surface area contributed by atoms with Gasteiger partial charge in [-0.25, -0.2) is 4.79 Å². The van der Waals surface area contributed by atoms with E-state index in [0.29, 0.717) is 22.7 Å². The third-order valence-corrected chi connectivity index (χ3v) is 4.48. The molecule has 1 aliphatic rings. The summed E-state index contributed by atoms with van der Waals surface area (Å²) >= 11 is 0. The SMILES string of the molecule is COC(=O)c1ccccc1NC(=O)CCN1C(=O)COc2ccc(C(C)=O)cc21. The van der Waals surface area contributed by atoms with Crippen LogP contribution < -0.4 is 15.0 Å². The van der Waals surface area contributed by atoms with Crippen LogP contribution >= 0.6 is 0 Å². The largest absolute Gasteiger partial charge is 0.482 e. The van der Waals surface area contributed by atoms with Gasteiger partial charge in [0.05, 0.1) is 24.0 Å². The van der Waals surface area contributed by atoms with Gasteiger partial charge in [-0.1, -0.05) is 12.1 Å². The Morgan fingerprint density at radius 2 is 1.93 bits per heavy atom. The molecule has 8 heteroatoms. The Bertz CT molecular complexity index is 985. The third-order valence-electron chi connectivity index (χ3n) is 4.48. The van der Waals surface area contributed by atoms with Crippen LogP contribution in [0.1, 0.15) is 34.1 Å². The van der Waals surface area contributed by atoms with Crippen molar-refractivity contribution in [2.75, 3.05) is 30.5 Å². The molecule has 0 bridgehead atoms. The summed E-state index contributed by atoms with van der Waals surface area (Å²) < 4.78 is 10.1. The van der Waals surface area contributed by atoms with Gasteiger partial charge in [0.15, 0.2) is 12.4 Å². The number of rotatable bonds is 6. The molecule has 29 heavy (non-hydrogen) atoms. The van der Waals surface area contributed by atoms with E-state index in [1.807, 2.05) is 0 Å². The molecule has 2 aromatic carbocycles. The Morgan fingerprint density at radius 3 is 2.66 bits per heavy atom. The van der Waals surface area contributed by atoms with Crippen molar-refractivity contribution in [2.24, 2.45) is 0 Å². The van der Waals surface area contributed by atoms with Crippen molar-refractivity contribution in [3.63, 3.8) is 0 Å². The maximum absolute atomic E-state index is 12.4. The summed E-state index contributed by atoms with van der Waals surface area (Å²) in [6, 6.07) is 11.3. The number of esters is 1. The first-order chi connectivity index (χ1) is 13.9. The molecule has 0 spiro atoms. The lowest BCUT2D eigenvalue weighted by Gasteiger charge is -2.29. The topological polar surface area (TPSA) is 102 Å². The standard InChI is InChI=1S/C21H20N2O6/c1-13(24)14-7-8-18-17(11-14)23(20(26)12-29-18)10-9-19(25)22-16-6-4-3-5-15(16)21(27)28-2/h3-8,11H,9-10,12H2,1-2H3,(H,22,25). The molecule has 150 valence electrons. The fraction of sp³-hybridized carbons (Fsp3) is 0.238. The Hall–Kier alpha value is -3.68. The second-order valence-electron chi connectivity index (χ2n) is 6.41. The molecule has 1 aliphatic heterocycles. The van der Waals surface area contributed by atoms with Crippen LogP contribution in [0.15, 0.2) is 42.5 Å². The van der Waals surface area contributed by atoms with Crippen LogP contribution in [-0.4, -0.2) is 43.8 Å². The predicted molar refractivity (Wildman–Crippen MR) is 105 cm³/mol. The van der Waals surface area contributed by atoms with Crippen molar-refractivity contribution in [1.82, 2.24) is 0 Å². The first-order valence-electron chi connectivity index (χ1n) is 8.96. The number of carbonyl (C=O) groups excluding carboxylic acids is 4. The number of nitrogens with one attached hydrogen (secondary N) is 1. The van der Waals surface area contributed by atoms with Gasteiger partial charge in [-0.3, -0.25) is 14.4 Å². The van der Waals surface area contributed by atoms with Crippen LogP contribution in [0.3, 0.4) is 0 Å². The number of anilines is 2. The minimum absolute atomic E-state index is 0.00894. The Labute approximate surface area is 167 Å². The highest BCUT2D eigenvalue weighted by atomic mass is 16.5. The van der Waals surface area contributed by atoms with Crippen molar-refractivity contribution < 1.29 is 28.7 Å². The molecule has 3 rings (SSSR count). The molecule has 2 amide bonds. The number of Topliss-reactive ketones (excluding diaryl/α,β-unsaturated/α-hetero) is 1. The van der Waals surface area contributed by atoms with E-state index in [4.69, 9.17) is 9.47 Å². The number of hydrogen-bond donors (Lipinski definition) is 1. The molecule has 0 saturated carbocycles. The average Bonchev–Trinajstić information content (AvgIpc) is 2.72. The fourth-order valence-corrected chi connectivity index (χ4v) is 2.97. The first-order valence-corrected chi connectivity index (χ1v) is 8.96. The number of ether oxygens (including phenoxy) is 2. The maximum Gasteiger partial charge on any atom is 0.339 e. The summed E-state index contributed by atoms with van der Waals surface area (Å²) in [7, 11) is 1.26. The van der Waals surface area contributed by atoms with Gasteiger partial charge in [0.1, 0.15) is 5.75 Å². The number of carbonyl (C=O) groups is 4. The summed E-state index contributed by atoms with van der Waals surface area (Å²) in [5.41, 5.74) is 1.47. The summed E-state index contributed by atoms with van der Waals surface area (Å²) in [4.78, 5) is 49.6. The molecule has 0 radical (unpaired) electrons. The number of methoxy groups -OCH3 is 1. The van der Waals surface area contributed by atoms with Crippen molar-refractivity contribution in [1.29, 1.82) is 0 Å². The number of benzene rings is 2. The quantitative estimate of drug-likeness (QED) is 0.594. The number of hydrogen-bond acceptors (Lipinski definition) is 6. The molecule has 8 nitrogen and oxygen atoms in total. The minimum Gasteiger partial charge on any atom is -0.482 e. The van der Waals surface area contributed by atoms with Crippen molar-refractivity contribution >= 4 is 34.9 Å². The van der Waals surface area contributed by atoms with Gasteiger partial charge in [-0.05, 0) is 37.3 Å². The second kappa shape index (κ2) is 8.55. The Morgan fingerprint density at radius 1 is 1.17 bits per heavy atom. The smallest absolute Gasteiger partial charge is 0.339 e. The number of amides is 2. The van der Waals surface area contributed by atoms with Gasteiger partial charge in [-0.15, -0.1) is 0 Å². The molecule has 1 heterocycles. The zero-order valence-corrected chi connectivity index (χ0v) is 16.1. The fourth-order valence-electron chi connectivity index (χ4n) is 2.97. The minimum atomic E-state index is -0.560. The van der Waals surface area contributed by atoms with Crippen LogP contribution in [0, 0.1) is 0 Å². The van der Waals surface area contributed by atoms with Crippen molar-refractivity contribution in [2.45, 2.75) is 13.3 Å². The van der Waals surface area contributed by atoms with Crippen LogP contribution in [0.2, 0.25) is 0 Å². The summed E-state index contributed by atoms with van der Waals surface area (Å²) in [6.45, 7) is 1.39. The zero-order chi connectivity index (χ0) is 21.0. The monoisotopic (exact) mass is 396 g/mol. The van der Waals surface area contributed by atoms with E-state index in [9.17, 15) is 19.2 Å². The number of para-hydroxylation sites is 1. The van der Waals surface area contributed by atoms with E-state index in [1.54, 1.807) is 42.5 Å². The molecular weight excluding hydrogens is 376 g/mol. The van der Waals surface area contributed by atoms with Gasteiger partial charge < -0.3 is 19.7 Å². The molecular formula is C21H20N2O6. The lowest BCUT2D eigenvalue weighted by molar-refractivity contribution is -0.121. The van der Waals surface area contributed by atoms with Crippen molar-refractivity contribution in [3.05, 3.63) is 53.6 Å². The Kier molecular flexibility index (Phi) is 5.92. The Balaban J connectivity index is 1.73. The van der Waals surface area contributed by atoms with Crippen LogP contribution in [0.5, 0.6) is 5.75 Å². The molecule has 0 atom stereocenters. The van der Waals surface area contributed by atoms with E-state index in [0.717, 1.165) is 0 Å². The number of ketones is 1. The van der Waals surface area contributed by atoms with Gasteiger partial charge in [0.25, 0.3) is 5.91 Å². The first kappa shape index (κ1) is 20.1. The molecule has 2 aromatic rings. The summed E-state index contributed by atoms with van der Waals surface area (Å²) in [6.07, 6.45) is -0.00894. The van der Waals surface area contributed by atoms with Crippen LogP contribution in [0.25, 0.3) is 0 Å². The molecule has 0 aliphatic carbocycles. The number of fused-ring (bicyclic) bond motifs is 1. The van der Waals surface area contributed by atoms with Gasteiger partial charge in [0.2, 0.25) is 5.91 Å². The molecule has 0 unspecified atom stereocenters. The van der Waals surface area contributed by atoms with Crippen LogP contribution in [0.4, 0.5) is 11.4 Å². The molecule has 0 aromatic heterocycles. The summed E-state index contributed by atoms with van der Waals surface area (Å²) in [5.74, 6) is -0.894. The highest BCUT2D eigenvalue weighted by Gasteiger charge is 2.26. The average molecular weight is 396 g/mol. The highest BCUT2D eigenvalue weighted by molar-refractivity contribution is 6.03. The predicted octanol–water partition coefficient (Wildman–Crippen LogP) is 2.43. The van der Waals surface area contributed by atoms with Gasteiger partial charge >= 0.3 is 5.97 Å². The lowest BCUT2D eigenvalue weighted by Crippen LogP contribution is -2.40. The summed E-state index contributed by atoms with van der Waals surface area (Å²) in [5, 5.41) is 2.67. The highest BCUT2D eigenvalue weighted by Crippen LogP contribution is 2.33. The molecule has 0 fully saturated rings. The van der Waals surface area contributed by atoms with E-state index < -0.39 is 5.97 Å². The van der Waals surface area contributed by atoms with Crippen LogP contribution in [-0.2, 0) is 14.3 Å². The zero-order valence-electron chi connectivity index (χ0n) is 16.1. The third kappa shape index (κ3) is 4.43. The van der Waals surface area contributed by atoms with Gasteiger partial charge in [0, 0.05) is 18.5 Å². The molecule has 1 N–H and O–H groups in total. The van der Waals surface area contributed by atoms with Crippen molar-refractivity contribution in [3.8, 4) is 5.75 Å². The lowest BCUT2D eigenvalue weighted by atomic mass is 10.1. The maximum atomic E-state index is 12.4. The van der Waals surface area contributed by atoms with E-state index in [2.05, 4.69) is 5.32 Å². The van der Waals surface area contributed by atoms with E-state index >= 15 is 0 Å². The van der Waals surface area contributed by atoms with E-state index in [-0.39, 0.29) is 42.7 Å².